The summed E-state index contributed by atoms with van der Waals surface area (Å²) < 4.78 is 1.09. The Hall–Kier alpha value is -1.23. The van der Waals surface area contributed by atoms with Gasteiger partial charge in [0, 0.05) is 36.0 Å². The molecular weight excluding hydrogens is 314 g/mol. The molecule has 0 saturated carbocycles. The lowest BCUT2D eigenvalue weighted by Crippen LogP contribution is -2.32. The van der Waals surface area contributed by atoms with Crippen molar-refractivity contribution in [3.05, 3.63) is 64.4 Å². The van der Waals surface area contributed by atoms with Gasteiger partial charge in [0.05, 0.1) is 0 Å². The fourth-order valence-corrected chi connectivity index (χ4v) is 2.53. The van der Waals surface area contributed by atoms with Crippen molar-refractivity contribution in [1.82, 2.24) is 9.88 Å². The highest BCUT2D eigenvalue weighted by Crippen LogP contribution is 2.21. The van der Waals surface area contributed by atoms with E-state index in [4.69, 9.17) is 5.73 Å². The van der Waals surface area contributed by atoms with Gasteiger partial charge in [0.1, 0.15) is 0 Å². The van der Waals surface area contributed by atoms with Crippen LogP contribution in [0.5, 0.6) is 0 Å². The minimum atomic E-state index is 0.255. The van der Waals surface area contributed by atoms with Crippen LogP contribution >= 0.6 is 15.9 Å². The van der Waals surface area contributed by atoms with Gasteiger partial charge in [-0.3, -0.25) is 9.88 Å². The van der Waals surface area contributed by atoms with Crippen molar-refractivity contribution in [1.29, 1.82) is 0 Å². The lowest BCUT2D eigenvalue weighted by atomic mass is 10.1. The number of rotatable bonds is 6. The number of aromatic nitrogens is 1. The Balaban J connectivity index is 1.98. The summed E-state index contributed by atoms with van der Waals surface area (Å²) in [5.41, 5.74) is 8.51. The summed E-state index contributed by atoms with van der Waals surface area (Å²) in [6, 6.07) is 12.8. The van der Waals surface area contributed by atoms with Crippen molar-refractivity contribution in [3.8, 4) is 0 Å². The van der Waals surface area contributed by atoms with Crippen molar-refractivity contribution in [2.75, 3.05) is 20.1 Å². The molecule has 1 heterocycles. The van der Waals surface area contributed by atoms with Gasteiger partial charge in [-0.15, -0.1) is 0 Å². The Kier molecular flexibility index (Phi) is 5.71. The molecule has 0 aliphatic carbocycles. The lowest BCUT2D eigenvalue weighted by molar-refractivity contribution is 0.253. The second-order valence-electron chi connectivity index (χ2n) is 4.89. The molecule has 0 saturated heterocycles. The summed E-state index contributed by atoms with van der Waals surface area (Å²) >= 11 is 3.46. The first-order valence-corrected chi connectivity index (χ1v) is 7.54. The predicted octanol–water partition coefficient (Wildman–Crippen LogP) is 3.02. The summed E-state index contributed by atoms with van der Waals surface area (Å²) in [7, 11) is 2.13. The largest absolute Gasteiger partial charge is 0.329 e. The minimum absolute atomic E-state index is 0.255. The Labute approximate surface area is 129 Å². The third-order valence-corrected chi connectivity index (χ3v) is 4.04. The molecule has 0 fully saturated rings. The maximum Gasteiger partial charge on any atom is 0.0467 e. The SMILES string of the molecule is CN(CCc1ccncc1)C(CN)c1ccc(Br)cc1. The molecule has 1 aromatic heterocycles. The Bertz CT molecular complexity index is 513. The molecule has 4 heteroatoms. The first-order valence-electron chi connectivity index (χ1n) is 6.75. The summed E-state index contributed by atoms with van der Waals surface area (Å²) in [6.07, 6.45) is 4.68. The first-order chi connectivity index (χ1) is 9.70. The van der Waals surface area contributed by atoms with Gasteiger partial charge in [-0.05, 0) is 48.9 Å². The van der Waals surface area contributed by atoms with Gasteiger partial charge < -0.3 is 5.73 Å². The normalized spacial score (nSPS) is 12.6. The molecule has 1 aromatic carbocycles. The second kappa shape index (κ2) is 7.53. The molecule has 1 unspecified atom stereocenters. The molecule has 2 rings (SSSR count). The Morgan fingerprint density at radius 2 is 1.80 bits per heavy atom. The van der Waals surface area contributed by atoms with E-state index in [1.54, 1.807) is 0 Å². The van der Waals surface area contributed by atoms with Crippen LogP contribution in [0.3, 0.4) is 0 Å². The molecular formula is C16H20BrN3. The number of hydrogen-bond donors (Lipinski definition) is 1. The smallest absolute Gasteiger partial charge is 0.0467 e. The van der Waals surface area contributed by atoms with Gasteiger partial charge >= 0.3 is 0 Å². The number of pyridine rings is 1. The maximum absolute atomic E-state index is 5.95. The highest BCUT2D eigenvalue weighted by Gasteiger charge is 2.15. The highest BCUT2D eigenvalue weighted by atomic mass is 79.9. The summed E-state index contributed by atoms with van der Waals surface area (Å²) in [6.45, 7) is 1.59. The molecule has 0 spiro atoms. The fourth-order valence-electron chi connectivity index (χ4n) is 2.27. The summed E-state index contributed by atoms with van der Waals surface area (Å²) in [5, 5.41) is 0. The predicted molar refractivity (Wildman–Crippen MR) is 86.5 cm³/mol. The van der Waals surface area contributed by atoms with Crippen LogP contribution in [-0.4, -0.2) is 30.0 Å². The number of likely N-dealkylation sites (N-methyl/N-ethyl adjacent to an activating group) is 1. The van der Waals surface area contributed by atoms with E-state index in [9.17, 15) is 0 Å². The van der Waals surface area contributed by atoms with Gasteiger partial charge in [-0.2, -0.15) is 0 Å². The Morgan fingerprint density at radius 1 is 1.15 bits per heavy atom. The third kappa shape index (κ3) is 4.13. The molecule has 0 aliphatic rings. The number of benzene rings is 1. The summed E-state index contributed by atoms with van der Waals surface area (Å²) in [4.78, 5) is 6.35. The van der Waals surface area contributed by atoms with Gasteiger partial charge in [0.15, 0.2) is 0 Å². The van der Waals surface area contributed by atoms with Crippen LogP contribution in [0.4, 0.5) is 0 Å². The average Bonchev–Trinajstić information content (AvgIpc) is 2.49. The van der Waals surface area contributed by atoms with Crippen LogP contribution in [0, 0.1) is 0 Å². The molecule has 0 radical (unpaired) electrons. The molecule has 0 amide bonds. The van der Waals surface area contributed by atoms with Gasteiger partial charge in [-0.25, -0.2) is 0 Å². The topological polar surface area (TPSA) is 42.2 Å². The van der Waals surface area contributed by atoms with Crippen LogP contribution in [0.1, 0.15) is 17.2 Å². The Morgan fingerprint density at radius 3 is 2.40 bits per heavy atom. The van der Waals surface area contributed by atoms with Crippen molar-refractivity contribution >= 4 is 15.9 Å². The lowest BCUT2D eigenvalue weighted by Gasteiger charge is -2.27. The van der Waals surface area contributed by atoms with E-state index in [1.807, 2.05) is 12.4 Å². The van der Waals surface area contributed by atoms with E-state index in [0.717, 1.165) is 17.4 Å². The monoisotopic (exact) mass is 333 g/mol. The third-order valence-electron chi connectivity index (χ3n) is 3.51. The molecule has 106 valence electrons. The number of hydrogen-bond acceptors (Lipinski definition) is 3. The number of halogens is 1. The van der Waals surface area contributed by atoms with Crippen LogP contribution in [-0.2, 0) is 6.42 Å². The van der Waals surface area contributed by atoms with E-state index in [2.05, 4.69) is 69.3 Å². The van der Waals surface area contributed by atoms with Crippen LogP contribution < -0.4 is 5.73 Å². The van der Waals surface area contributed by atoms with Crippen molar-refractivity contribution in [2.45, 2.75) is 12.5 Å². The first kappa shape index (κ1) is 15.2. The molecule has 2 aromatic rings. The molecule has 0 bridgehead atoms. The van der Waals surface area contributed by atoms with E-state index in [0.29, 0.717) is 6.54 Å². The van der Waals surface area contributed by atoms with Crippen LogP contribution in [0.25, 0.3) is 0 Å². The van der Waals surface area contributed by atoms with E-state index >= 15 is 0 Å². The van der Waals surface area contributed by atoms with Gasteiger partial charge in [0.2, 0.25) is 0 Å². The zero-order valence-corrected chi connectivity index (χ0v) is 13.3. The maximum atomic E-state index is 5.95. The zero-order chi connectivity index (χ0) is 14.4. The number of nitrogens with zero attached hydrogens (tertiary/aromatic N) is 2. The molecule has 2 N–H and O–H groups in total. The van der Waals surface area contributed by atoms with Gasteiger partial charge in [-0.1, -0.05) is 28.1 Å². The average molecular weight is 334 g/mol. The van der Waals surface area contributed by atoms with Crippen molar-refractivity contribution < 1.29 is 0 Å². The molecule has 0 aliphatic heterocycles. The van der Waals surface area contributed by atoms with Gasteiger partial charge in [0.25, 0.3) is 0 Å². The number of nitrogens with two attached hydrogens (primary N) is 1. The fraction of sp³-hybridized carbons (Fsp3) is 0.312. The highest BCUT2D eigenvalue weighted by molar-refractivity contribution is 9.10. The summed E-state index contributed by atoms with van der Waals surface area (Å²) in [5.74, 6) is 0. The zero-order valence-electron chi connectivity index (χ0n) is 11.7. The standard InChI is InChI=1S/C16H20BrN3/c1-20(11-8-13-6-9-19-10-7-13)16(12-18)14-2-4-15(17)5-3-14/h2-7,9-10,16H,8,11-12,18H2,1H3. The van der Waals surface area contributed by atoms with Crippen molar-refractivity contribution in [2.24, 2.45) is 5.73 Å². The minimum Gasteiger partial charge on any atom is -0.329 e. The van der Waals surface area contributed by atoms with Crippen LogP contribution in [0.2, 0.25) is 0 Å². The molecule has 1 atom stereocenters. The quantitative estimate of drug-likeness (QED) is 0.883. The van der Waals surface area contributed by atoms with E-state index in [1.165, 1.54) is 11.1 Å². The van der Waals surface area contributed by atoms with Crippen molar-refractivity contribution in [3.63, 3.8) is 0 Å². The second-order valence-corrected chi connectivity index (χ2v) is 5.80. The van der Waals surface area contributed by atoms with E-state index in [-0.39, 0.29) is 6.04 Å². The molecule has 3 nitrogen and oxygen atoms in total. The van der Waals surface area contributed by atoms with Crippen LogP contribution in [0.15, 0.2) is 53.3 Å². The van der Waals surface area contributed by atoms with E-state index < -0.39 is 0 Å². The molecule has 20 heavy (non-hydrogen) atoms.